The molecule has 0 radical (unpaired) electrons. The summed E-state index contributed by atoms with van der Waals surface area (Å²) in [6.45, 7) is 1.35. The van der Waals surface area contributed by atoms with Crippen molar-refractivity contribution in [1.29, 1.82) is 0 Å². The number of amides is 2. The van der Waals surface area contributed by atoms with Gasteiger partial charge in [-0.05, 0) is 30.7 Å². The first-order valence-corrected chi connectivity index (χ1v) is 5.05. The molecule has 0 spiro atoms. The van der Waals surface area contributed by atoms with Gasteiger partial charge in [0.25, 0.3) is 0 Å². The lowest BCUT2D eigenvalue weighted by Gasteiger charge is -2.08. The molecule has 5 nitrogen and oxygen atoms in total. The second-order valence-corrected chi connectivity index (χ2v) is 3.49. The van der Waals surface area contributed by atoms with Crippen molar-refractivity contribution >= 4 is 29.9 Å². The summed E-state index contributed by atoms with van der Waals surface area (Å²) in [5.74, 6) is -1.16. The van der Waals surface area contributed by atoms with Crippen LogP contribution in [0.2, 0.25) is 0 Å². The summed E-state index contributed by atoms with van der Waals surface area (Å²) in [5, 5.41) is 4.89. The SMILES string of the molecule is Cc1cc(F)ccc1NC(=O)CNC(=O)CN.Cl. The zero-order valence-corrected chi connectivity index (χ0v) is 10.6. The Hall–Kier alpha value is -1.66. The highest BCUT2D eigenvalue weighted by molar-refractivity contribution is 5.95. The minimum Gasteiger partial charge on any atom is -0.346 e. The lowest BCUT2D eigenvalue weighted by molar-refractivity contribution is -0.123. The van der Waals surface area contributed by atoms with Gasteiger partial charge in [0.15, 0.2) is 0 Å². The molecule has 4 N–H and O–H groups in total. The fraction of sp³-hybridized carbons (Fsp3) is 0.273. The van der Waals surface area contributed by atoms with E-state index in [1.807, 2.05) is 0 Å². The summed E-state index contributed by atoms with van der Waals surface area (Å²) in [7, 11) is 0. The van der Waals surface area contributed by atoms with Crippen molar-refractivity contribution in [1.82, 2.24) is 5.32 Å². The maximum atomic E-state index is 12.8. The van der Waals surface area contributed by atoms with E-state index in [-0.39, 0.29) is 37.2 Å². The smallest absolute Gasteiger partial charge is 0.243 e. The van der Waals surface area contributed by atoms with Crippen LogP contribution in [0.5, 0.6) is 0 Å². The summed E-state index contributed by atoms with van der Waals surface area (Å²) < 4.78 is 12.8. The van der Waals surface area contributed by atoms with E-state index in [1.54, 1.807) is 6.92 Å². The van der Waals surface area contributed by atoms with Crippen molar-refractivity contribution in [2.75, 3.05) is 18.4 Å². The molecule has 2 amide bonds. The number of aryl methyl sites for hydroxylation is 1. The van der Waals surface area contributed by atoms with Gasteiger partial charge in [0.1, 0.15) is 5.82 Å². The number of nitrogens with two attached hydrogens (primary N) is 1. The Bertz CT molecular complexity index is 440. The monoisotopic (exact) mass is 275 g/mol. The minimum absolute atomic E-state index is 0. The third kappa shape index (κ3) is 5.11. The molecule has 0 bridgehead atoms. The van der Waals surface area contributed by atoms with Gasteiger partial charge < -0.3 is 16.4 Å². The van der Waals surface area contributed by atoms with E-state index in [0.29, 0.717) is 11.3 Å². The highest BCUT2D eigenvalue weighted by Crippen LogP contribution is 2.15. The van der Waals surface area contributed by atoms with Crippen LogP contribution in [0.25, 0.3) is 0 Å². The predicted octanol–water partition coefficient (Wildman–Crippen LogP) is 0.569. The fourth-order valence-electron chi connectivity index (χ4n) is 1.21. The van der Waals surface area contributed by atoms with Crippen molar-refractivity contribution in [3.05, 3.63) is 29.6 Å². The van der Waals surface area contributed by atoms with Crippen LogP contribution >= 0.6 is 12.4 Å². The Morgan fingerprint density at radius 3 is 2.56 bits per heavy atom. The molecule has 0 aliphatic carbocycles. The average Bonchev–Trinajstić information content (AvgIpc) is 2.29. The van der Waals surface area contributed by atoms with E-state index in [2.05, 4.69) is 10.6 Å². The zero-order chi connectivity index (χ0) is 12.8. The van der Waals surface area contributed by atoms with E-state index >= 15 is 0 Å². The number of halogens is 2. The summed E-state index contributed by atoms with van der Waals surface area (Å²) >= 11 is 0. The van der Waals surface area contributed by atoms with E-state index in [9.17, 15) is 14.0 Å². The molecule has 0 heterocycles. The molecule has 1 aromatic carbocycles. The van der Waals surface area contributed by atoms with Crippen molar-refractivity contribution in [2.24, 2.45) is 5.73 Å². The molecule has 0 saturated heterocycles. The Balaban J connectivity index is 0.00000289. The third-order valence-corrected chi connectivity index (χ3v) is 2.09. The quantitative estimate of drug-likeness (QED) is 0.751. The Morgan fingerprint density at radius 2 is 2.00 bits per heavy atom. The van der Waals surface area contributed by atoms with E-state index < -0.39 is 5.91 Å². The van der Waals surface area contributed by atoms with Crippen LogP contribution in [0, 0.1) is 12.7 Å². The molecule has 7 heteroatoms. The molecule has 1 rings (SSSR count). The predicted molar refractivity (Wildman–Crippen MR) is 69.1 cm³/mol. The van der Waals surface area contributed by atoms with E-state index in [4.69, 9.17) is 5.73 Å². The van der Waals surface area contributed by atoms with Crippen molar-refractivity contribution < 1.29 is 14.0 Å². The maximum Gasteiger partial charge on any atom is 0.243 e. The summed E-state index contributed by atoms with van der Waals surface area (Å²) in [6, 6.07) is 4.03. The van der Waals surface area contributed by atoms with Crippen LogP contribution < -0.4 is 16.4 Å². The van der Waals surface area contributed by atoms with Crippen molar-refractivity contribution in [3.63, 3.8) is 0 Å². The number of carbonyl (C=O) groups excluding carboxylic acids is 2. The van der Waals surface area contributed by atoms with Gasteiger partial charge in [0.05, 0.1) is 13.1 Å². The molecule has 0 aliphatic rings. The van der Waals surface area contributed by atoms with Gasteiger partial charge in [-0.3, -0.25) is 9.59 Å². The number of benzene rings is 1. The molecule has 0 unspecified atom stereocenters. The number of hydrogen-bond donors (Lipinski definition) is 3. The number of hydrogen-bond acceptors (Lipinski definition) is 3. The van der Waals surface area contributed by atoms with E-state index in [1.165, 1.54) is 18.2 Å². The average molecular weight is 276 g/mol. The molecule has 0 aliphatic heterocycles. The van der Waals surface area contributed by atoms with Crippen LogP contribution in [0.15, 0.2) is 18.2 Å². The first-order valence-electron chi connectivity index (χ1n) is 5.05. The minimum atomic E-state index is -0.407. The summed E-state index contributed by atoms with van der Waals surface area (Å²) in [4.78, 5) is 22.2. The molecule has 0 fully saturated rings. The molecular formula is C11H15ClFN3O2. The number of anilines is 1. The van der Waals surface area contributed by atoms with Crippen LogP contribution in [0.4, 0.5) is 10.1 Å². The third-order valence-electron chi connectivity index (χ3n) is 2.09. The number of nitrogens with one attached hydrogen (secondary N) is 2. The maximum absolute atomic E-state index is 12.8. The van der Waals surface area contributed by atoms with Gasteiger partial charge >= 0.3 is 0 Å². The van der Waals surface area contributed by atoms with Crippen molar-refractivity contribution in [3.8, 4) is 0 Å². The molecule has 0 saturated carbocycles. The van der Waals surface area contributed by atoms with E-state index in [0.717, 1.165) is 0 Å². The molecule has 1 aromatic rings. The van der Waals surface area contributed by atoms with Gasteiger partial charge in [0.2, 0.25) is 11.8 Å². The Kier molecular flexibility index (Phi) is 6.92. The normalized spacial score (nSPS) is 9.28. The second-order valence-electron chi connectivity index (χ2n) is 3.49. The summed E-state index contributed by atoms with van der Waals surface area (Å²) in [5.41, 5.74) is 6.19. The lowest BCUT2D eigenvalue weighted by Crippen LogP contribution is -2.36. The highest BCUT2D eigenvalue weighted by Gasteiger charge is 2.06. The zero-order valence-electron chi connectivity index (χ0n) is 9.83. The summed E-state index contributed by atoms with van der Waals surface area (Å²) in [6.07, 6.45) is 0. The van der Waals surface area contributed by atoms with Crippen molar-refractivity contribution in [2.45, 2.75) is 6.92 Å². The molecule has 18 heavy (non-hydrogen) atoms. The number of rotatable bonds is 4. The van der Waals surface area contributed by atoms with Gasteiger partial charge in [-0.15, -0.1) is 12.4 Å². The topological polar surface area (TPSA) is 84.2 Å². The Labute approximate surface area is 110 Å². The van der Waals surface area contributed by atoms with Gasteiger partial charge in [0, 0.05) is 5.69 Å². The fourth-order valence-corrected chi connectivity index (χ4v) is 1.21. The number of carbonyl (C=O) groups is 2. The Morgan fingerprint density at radius 1 is 1.33 bits per heavy atom. The van der Waals surface area contributed by atoms with Gasteiger partial charge in [-0.25, -0.2) is 4.39 Å². The van der Waals surface area contributed by atoms with Crippen LogP contribution in [0.1, 0.15) is 5.56 Å². The molecular weight excluding hydrogens is 261 g/mol. The highest BCUT2D eigenvalue weighted by atomic mass is 35.5. The van der Waals surface area contributed by atoms with Gasteiger partial charge in [-0.1, -0.05) is 0 Å². The molecule has 100 valence electrons. The molecule has 0 aromatic heterocycles. The van der Waals surface area contributed by atoms with Crippen LogP contribution in [-0.2, 0) is 9.59 Å². The lowest BCUT2D eigenvalue weighted by atomic mass is 10.2. The first kappa shape index (κ1) is 16.3. The molecule has 0 atom stereocenters. The standard InChI is InChI=1S/C11H14FN3O2.ClH/c1-7-4-8(12)2-3-9(7)15-11(17)6-14-10(16)5-13;/h2-4H,5-6,13H2,1H3,(H,14,16)(H,15,17);1H. The van der Waals surface area contributed by atoms with Gasteiger partial charge in [-0.2, -0.15) is 0 Å². The largest absolute Gasteiger partial charge is 0.346 e. The second kappa shape index (κ2) is 7.62. The first-order chi connectivity index (χ1) is 8.02. The van der Waals surface area contributed by atoms with Crippen LogP contribution in [-0.4, -0.2) is 24.9 Å². The van der Waals surface area contributed by atoms with Crippen LogP contribution in [0.3, 0.4) is 0 Å².